The highest BCUT2D eigenvalue weighted by molar-refractivity contribution is 5.92. The molecule has 4 nitrogen and oxygen atoms in total. The summed E-state index contributed by atoms with van der Waals surface area (Å²) in [6.07, 6.45) is 3.09. The summed E-state index contributed by atoms with van der Waals surface area (Å²) in [5, 5.41) is 0. The normalized spacial score (nSPS) is 54.8. The Morgan fingerprint density at radius 3 is 2.88 bits per heavy atom. The topological polar surface area (TPSA) is 51.4 Å². The molecule has 3 fully saturated rings. The van der Waals surface area contributed by atoms with Crippen LogP contribution in [0.4, 0.5) is 4.39 Å². The fraction of sp³-hybridized carbons (Fsp3) is 0.750. The maximum absolute atomic E-state index is 15.2. The molecule has 25 heavy (non-hydrogen) atoms. The van der Waals surface area contributed by atoms with Crippen LogP contribution in [0.5, 0.6) is 0 Å². The third-order valence-electron chi connectivity index (χ3n) is 8.00. The second kappa shape index (κ2) is 4.04. The molecule has 3 heterocycles. The molecule has 2 saturated heterocycles. The summed E-state index contributed by atoms with van der Waals surface area (Å²) in [6, 6.07) is 0. The standard InChI is InChI=1S/C20H23FO4/c1-9(2)11-7-19-14(24-19)6-13-12-8-23-17(22)10(12)4-5-18(13,3)20(19)16(25-20)15(11)21/h7,9,13-16H,4-6,8H2,1-3H3/t13-,14-,15+,16-,18-,19-,20+/m0/s1. The molecule has 0 amide bonds. The number of epoxide rings is 2. The highest BCUT2D eigenvalue weighted by Crippen LogP contribution is 2.78. The average Bonchev–Trinajstić information content (AvgIpc) is 3.44. The Morgan fingerprint density at radius 2 is 2.12 bits per heavy atom. The molecule has 6 rings (SSSR count). The van der Waals surface area contributed by atoms with Crippen LogP contribution in [0.15, 0.2) is 22.8 Å². The number of esters is 1. The molecule has 6 aliphatic rings. The van der Waals surface area contributed by atoms with Crippen molar-refractivity contribution in [2.24, 2.45) is 17.3 Å². The highest BCUT2D eigenvalue weighted by Gasteiger charge is 2.91. The number of hydrogen-bond acceptors (Lipinski definition) is 4. The number of carbonyl (C=O) groups excluding carboxylic acids is 1. The van der Waals surface area contributed by atoms with Crippen LogP contribution >= 0.6 is 0 Å². The Bertz CT molecular complexity index is 785. The van der Waals surface area contributed by atoms with Crippen molar-refractivity contribution in [3.63, 3.8) is 0 Å². The Labute approximate surface area is 146 Å². The lowest BCUT2D eigenvalue weighted by Crippen LogP contribution is -2.61. The molecule has 2 spiro atoms. The van der Waals surface area contributed by atoms with E-state index in [1.807, 2.05) is 13.8 Å². The number of alkyl halides is 1. The van der Waals surface area contributed by atoms with Crippen molar-refractivity contribution in [1.29, 1.82) is 0 Å². The third kappa shape index (κ3) is 1.37. The monoisotopic (exact) mass is 346 g/mol. The van der Waals surface area contributed by atoms with E-state index in [0.717, 1.165) is 29.6 Å². The summed E-state index contributed by atoms with van der Waals surface area (Å²) in [5.74, 6) is 0.184. The van der Waals surface area contributed by atoms with Gasteiger partial charge in [-0.2, -0.15) is 0 Å². The summed E-state index contributed by atoms with van der Waals surface area (Å²) in [7, 11) is 0. The maximum atomic E-state index is 15.2. The highest BCUT2D eigenvalue weighted by atomic mass is 19.1. The van der Waals surface area contributed by atoms with E-state index >= 15 is 4.39 Å². The largest absolute Gasteiger partial charge is 0.458 e. The van der Waals surface area contributed by atoms with Crippen LogP contribution in [0.2, 0.25) is 0 Å². The van der Waals surface area contributed by atoms with Crippen molar-refractivity contribution in [2.45, 2.75) is 69.6 Å². The molecule has 134 valence electrons. The van der Waals surface area contributed by atoms with Gasteiger partial charge < -0.3 is 14.2 Å². The van der Waals surface area contributed by atoms with E-state index in [9.17, 15) is 4.79 Å². The number of carbonyl (C=O) groups is 1. The molecule has 0 N–H and O–H groups in total. The summed E-state index contributed by atoms with van der Waals surface area (Å²) in [4.78, 5) is 12.0. The van der Waals surface area contributed by atoms with E-state index in [1.54, 1.807) is 0 Å². The van der Waals surface area contributed by atoms with Crippen LogP contribution < -0.4 is 0 Å². The minimum absolute atomic E-state index is 0.0689. The van der Waals surface area contributed by atoms with Crippen LogP contribution in [0, 0.1) is 17.3 Å². The van der Waals surface area contributed by atoms with Crippen molar-refractivity contribution in [3.8, 4) is 0 Å². The van der Waals surface area contributed by atoms with Gasteiger partial charge in [-0.25, -0.2) is 9.18 Å². The predicted molar refractivity (Wildman–Crippen MR) is 86.5 cm³/mol. The summed E-state index contributed by atoms with van der Waals surface area (Å²) in [5.41, 5.74) is 1.58. The van der Waals surface area contributed by atoms with Crippen molar-refractivity contribution < 1.29 is 23.4 Å². The minimum atomic E-state index is -1.05. The van der Waals surface area contributed by atoms with E-state index in [4.69, 9.17) is 14.2 Å². The zero-order valence-electron chi connectivity index (χ0n) is 14.8. The fourth-order valence-electron chi connectivity index (χ4n) is 6.65. The Kier molecular flexibility index (Phi) is 2.41. The van der Waals surface area contributed by atoms with Gasteiger partial charge in [0.2, 0.25) is 0 Å². The molecule has 0 bridgehead atoms. The van der Waals surface area contributed by atoms with E-state index in [2.05, 4.69) is 13.0 Å². The molecular formula is C20H23FO4. The summed E-state index contributed by atoms with van der Waals surface area (Å²) >= 11 is 0. The van der Waals surface area contributed by atoms with Crippen LogP contribution in [0.1, 0.15) is 40.0 Å². The third-order valence-corrected chi connectivity index (χ3v) is 8.00. The van der Waals surface area contributed by atoms with E-state index in [-0.39, 0.29) is 29.3 Å². The predicted octanol–water partition coefficient (Wildman–Crippen LogP) is 2.87. The number of ether oxygens (including phenoxy) is 3. The fourth-order valence-corrected chi connectivity index (χ4v) is 6.65. The second-order valence-electron chi connectivity index (χ2n) is 9.16. The molecule has 5 heteroatoms. The van der Waals surface area contributed by atoms with Crippen LogP contribution in [0.25, 0.3) is 0 Å². The first-order valence-corrected chi connectivity index (χ1v) is 9.47. The van der Waals surface area contributed by atoms with Gasteiger partial charge in [0.15, 0.2) is 6.17 Å². The molecule has 7 atom stereocenters. The number of rotatable bonds is 1. The van der Waals surface area contributed by atoms with Crippen LogP contribution in [0.3, 0.4) is 0 Å². The Hall–Kier alpha value is -1.20. The van der Waals surface area contributed by atoms with Crippen molar-refractivity contribution in [3.05, 3.63) is 22.8 Å². The van der Waals surface area contributed by atoms with E-state index < -0.39 is 23.5 Å². The van der Waals surface area contributed by atoms with Crippen LogP contribution in [-0.4, -0.2) is 42.2 Å². The molecule has 0 aromatic heterocycles. The molecular weight excluding hydrogens is 323 g/mol. The first-order chi connectivity index (χ1) is 11.9. The first-order valence-electron chi connectivity index (χ1n) is 9.47. The lowest BCUT2D eigenvalue weighted by molar-refractivity contribution is -0.136. The molecule has 3 aliphatic carbocycles. The Morgan fingerprint density at radius 1 is 1.32 bits per heavy atom. The zero-order chi connectivity index (χ0) is 17.4. The smallest absolute Gasteiger partial charge is 0.334 e. The van der Waals surface area contributed by atoms with Crippen molar-refractivity contribution in [1.82, 2.24) is 0 Å². The van der Waals surface area contributed by atoms with E-state index in [0.29, 0.717) is 13.0 Å². The minimum Gasteiger partial charge on any atom is -0.458 e. The zero-order valence-corrected chi connectivity index (χ0v) is 14.8. The second-order valence-corrected chi connectivity index (χ2v) is 9.16. The van der Waals surface area contributed by atoms with Gasteiger partial charge >= 0.3 is 5.97 Å². The quantitative estimate of drug-likeness (QED) is 0.416. The number of fused-ring (bicyclic) bond motifs is 2. The lowest BCUT2D eigenvalue weighted by Gasteiger charge is -2.51. The van der Waals surface area contributed by atoms with Gasteiger partial charge in [0.1, 0.15) is 23.9 Å². The van der Waals surface area contributed by atoms with Crippen molar-refractivity contribution in [2.75, 3.05) is 6.61 Å². The van der Waals surface area contributed by atoms with Gasteiger partial charge in [-0.1, -0.05) is 20.8 Å². The Balaban J connectivity index is 1.50. The number of cyclic esters (lactones) is 1. The molecule has 0 aromatic rings. The molecule has 0 aromatic carbocycles. The first kappa shape index (κ1) is 14.9. The van der Waals surface area contributed by atoms with Gasteiger partial charge in [0.25, 0.3) is 0 Å². The molecule has 1 saturated carbocycles. The van der Waals surface area contributed by atoms with E-state index in [1.165, 1.54) is 0 Å². The maximum Gasteiger partial charge on any atom is 0.334 e. The summed E-state index contributed by atoms with van der Waals surface area (Å²) < 4.78 is 33.0. The van der Waals surface area contributed by atoms with Gasteiger partial charge in [-0.3, -0.25) is 0 Å². The molecule has 3 aliphatic heterocycles. The number of halogens is 1. The van der Waals surface area contributed by atoms with Gasteiger partial charge in [-0.05, 0) is 48.3 Å². The number of hydrogen-bond donors (Lipinski definition) is 0. The van der Waals surface area contributed by atoms with Crippen LogP contribution in [-0.2, 0) is 19.0 Å². The molecule has 0 radical (unpaired) electrons. The van der Waals surface area contributed by atoms with Gasteiger partial charge in [-0.15, -0.1) is 0 Å². The lowest BCUT2D eigenvalue weighted by atomic mass is 9.48. The van der Waals surface area contributed by atoms with Gasteiger partial charge in [0, 0.05) is 11.0 Å². The van der Waals surface area contributed by atoms with Crippen molar-refractivity contribution >= 4 is 5.97 Å². The summed E-state index contributed by atoms with van der Waals surface area (Å²) in [6.45, 7) is 6.69. The molecule has 0 unspecified atom stereocenters. The SMILES string of the molecule is CC(C)C1=C[C@]23O[C@H]2C[C@H]2C4=C(CC[C@]2(C)[C@@]32O[C@H]2[C@@H]1F)C(=O)OC4. The average molecular weight is 346 g/mol. The van der Waals surface area contributed by atoms with Gasteiger partial charge in [0.05, 0.1) is 6.10 Å².